The molecule has 4 aromatic rings. The maximum atomic E-state index is 13.5. The van der Waals surface area contributed by atoms with E-state index in [4.69, 9.17) is 4.98 Å². The number of sulfone groups is 1. The van der Waals surface area contributed by atoms with E-state index in [9.17, 15) is 13.2 Å². The summed E-state index contributed by atoms with van der Waals surface area (Å²) in [5.41, 5.74) is 4.22. The van der Waals surface area contributed by atoms with Gasteiger partial charge in [-0.3, -0.25) is 14.3 Å². The van der Waals surface area contributed by atoms with Crippen LogP contribution in [0.15, 0.2) is 40.5 Å². The first-order valence-corrected chi connectivity index (χ1v) is 15.1. The van der Waals surface area contributed by atoms with Crippen LogP contribution in [0.25, 0.3) is 22.6 Å². The lowest BCUT2D eigenvalue weighted by Gasteiger charge is -2.14. The molecule has 4 aromatic heterocycles. The molecule has 2 fully saturated rings. The van der Waals surface area contributed by atoms with Gasteiger partial charge in [0.25, 0.3) is 5.56 Å². The van der Waals surface area contributed by atoms with E-state index in [1.54, 1.807) is 30.1 Å². The van der Waals surface area contributed by atoms with Crippen molar-refractivity contribution in [2.75, 3.05) is 11.1 Å². The fourth-order valence-corrected chi connectivity index (χ4v) is 5.54. The van der Waals surface area contributed by atoms with Gasteiger partial charge in [0.2, 0.25) is 0 Å². The molecule has 0 unspecified atom stereocenters. The van der Waals surface area contributed by atoms with Crippen molar-refractivity contribution in [2.24, 2.45) is 0 Å². The Kier molecular flexibility index (Phi) is 6.57. The molecule has 202 valence electrons. The minimum atomic E-state index is -3.33. The number of aryl methyl sites for hydroxylation is 1. The molecule has 0 aromatic carbocycles. The molecule has 2 aliphatic rings. The summed E-state index contributed by atoms with van der Waals surface area (Å²) < 4.78 is 25.7. The molecule has 2 aliphatic carbocycles. The molecule has 0 bridgehead atoms. The second kappa shape index (κ2) is 10.1. The number of hydrogen-bond donors (Lipinski definition) is 1. The quantitative estimate of drug-likeness (QED) is 0.313. The van der Waals surface area contributed by atoms with Crippen LogP contribution in [0.4, 0.5) is 5.82 Å². The Morgan fingerprint density at radius 2 is 1.67 bits per heavy atom. The zero-order valence-corrected chi connectivity index (χ0v) is 22.8. The summed E-state index contributed by atoms with van der Waals surface area (Å²) in [6.07, 6.45) is 9.81. The van der Waals surface area contributed by atoms with Gasteiger partial charge < -0.3 is 5.32 Å². The summed E-state index contributed by atoms with van der Waals surface area (Å²) in [6, 6.07) is 3.16. The van der Waals surface area contributed by atoms with Gasteiger partial charge in [-0.2, -0.15) is 0 Å². The Bertz CT molecular complexity index is 1680. The van der Waals surface area contributed by atoms with Crippen LogP contribution in [0.5, 0.6) is 0 Å². The minimum Gasteiger partial charge on any atom is -0.360 e. The molecule has 0 saturated heterocycles. The molecule has 0 atom stereocenters. The number of fused-ring (bicyclic) bond motifs is 1. The van der Waals surface area contributed by atoms with Crippen molar-refractivity contribution in [1.82, 2.24) is 34.5 Å². The smallest absolute Gasteiger partial charge is 0.294 e. The third-order valence-corrected chi connectivity index (χ3v) is 8.88. The number of anilines is 1. The fourth-order valence-electron chi connectivity index (χ4n) is 4.72. The van der Waals surface area contributed by atoms with Crippen molar-refractivity contribution in [2.45, 2.75) is 75.8 Å². The SMILES string of the molecule is CCCn1c(=O)c(NCc2ccc(S(=O)(=O)CC)cn2)nc2cnc(-c3c(C4CC4)ncnc3C3CC3)nc21. The lowest BCUT2D eigenvalue weighted by molar-refractivity contribution is 0.596. The van der Waals surface area contributed by atoms with E-state index in [2.05, 4.69) is 30.2 Å². The van der Waals surface area contributed by atoms with Crippen LogP contribution in [-0.2, 0) is 22.9 Å². The van der Waals surface area contributed by atoms with Crippen molar-refractivity contribution >= 4 is 26.8 Å². The molecule has 39 heavy (non-hydrogen) atoms. The van der Waals surface area contributed by atoms with Gasteiger partial charge in [-0.1, -0.05) is 13.8 Å². The van der Waals surface area contributed by atoms with Gasteiger partial charge in [0, 0.05) is 24.6 Å². The predicted octanol–water partition coefficient (Wildman–Crippen LogP) is 3.61. The molecule has 6 rings (SSSR count). The molecule has 0 amide bonds. The van der Waals surface area contributed by atoms with E-state index in [0.29, 0.717) is 41.1 Å². The van der Waals surface area contributed by atoms with E-state index in [1.807, 2.05) is 6.92 Å². The highest BCUT2D eigenvalue weighted by molar-refractivity contribution is 7.91. The number of rotatable bonds is 10. The second-order valence-corrected chi connectivity index (χ2v) is 12.4. The zero-order valence-electron chi connectivity index (χ0n) is 22.0. The van der Waals surface area contributed by atoms with Gasteiger partial charge in [-0.25, -0.2) is 33.3 Å². The molecule has 0 aliphatic heterocycles. The van der Waals surface area contributed by atoms with Gasteiger partial charge in [0.15, 0.2) is 27.1 Å². The topological polar surface area (TPSA) is 146 Å². The molecule has 0 radical (unpaired) electrons. The van der Waals surface area contributed by atoms with Crippen molar-refractivity contribution in [1.29, 1.82) is 0 Å². The van der Waals surface area contributed by atoms with E-state index >= 15 is 0 Å². The van der Waals surface area contributed by atoms with Crippen LogP contribution in [0.2, 0.25) is 0 Å². The largest absolute Gasteiger partial charge is 0.360 e. The first kappa shape index (κ1) is 25.5. The summed E-state index contributed by atoms with van der Waals surface area (Å²) in [4.78, 5) is 41.2. The highest BCUT2D eigenvalue weighted by atomic mass is 32.2. The van der Waals surface area contributed by atoms with E-state index in [1.165, 1.54) is 12.3 Å². The Morgan fingerprint density at radius 1 is 0.949 bits per heavy atom. The fraction of sp³-hybridized carbons (Fsp3) is 0.444. The van der Waals surface area contributed by atoms with Gasteiger partial charge in [0.1, 0.15) is 11.8 Å². The lowest BCUT2D eigenvalue weighted by Crippen LogP contribution is -2.26. The van der Waals surface area contributed by atoms with Gasteiger partial charge in [-0.05, 0) is 44.2 Å². The third-order valence-electron chi connectivity index (χ3n) is 7.16. The molecule has 2 saturated carbocycles. The van der Waals surface area contributed by atoms with Gasteiger partial charge in [-0.15, -0.1) is 0 Å². The highest BCUT2D eigenvalue weighted by Crippen LogP contribution is 2.48. The minimum absolute atomic E-state index is 0.00905. The highest BCUT2D eigenvalue weighted by Gasteiger charge is 2.35. The Hall–Kier alpha value is -3.80. The van der Waals surface area contributed by atoms with Crippen molar-refractivity contribution in [3.05, 3.63) is 58.3 Å². The third kappa shape index (κ3) is 5.00. The van der Waals surface area contributed by atoms with Crippen molar-refractivity contribution in [3.63, 3.8) is 0 Å². The molecular weight excluding hydrogens is 516 g/mol. The Balaban J connectivity index is 1.36. The summed E-state index contributed by atoms with van der Waals surface area (Å²) in [7, 11) is -3.33. The van der Waals surface area contributed by atoms with E-state index < -0.39 is 9.84 Å². The van der Waals surface area contributed by atoms with Crippen LogP contribution in [0, 0.1) is 0 Å². The number of nitrogens with one attached hydrogen (secondary N) is 1. The first-order chi connectivity index (χ1) is 18.9. The monoisotopic (exact) mass is 546 g/mol. The second-order valence-electron chi connectivity index (χ2n) is 10.1. The molecule has 4 heterocycles. The van der Waals surface area contributed by atoms with Gasteiger partial charge in [0.05, 0.1) is 46.0 Å². The van der Waals surface area contributed by atoms with Gasteiger partial charge >= 0.3 is 0 Å². The summed E-state index contributed by atoms with van der Waals surface area (Å²) in [5, 5.41) is 3.07. The number of pyridine rings is 1. The lowest BCUT2D eigenvalue weighted by atomic mass is 10.0. The average Bonchev–Trinajstić information content (AvgIpc) is 3.87. The van der Waals surface area contributed by atoms with Crippen molar-refractivity contribution < 1.29 is 8.42 Å². The first-order valence-electron chi connectivity index (χ1n) is 13.4. The van der Waals surface area contributed by atoms with E-state index in [-0.39, 0.29) is 28.6 Å². The van der Waals surface area contributed by atoms with Crippen LogP contribution in [-0.4, -0.2) is 48.6 Å². The molecular formula is C27H30N8O3S. The maximum absolute atomic E-state index is 13.5. The van der Waals surface area contributed by atoms with Crippen LogP contribution >= 0.6 is 0 Å². The Labute approximate surface area is 226 Å². The Morgan fingerprint density at radius 3 is 2.26 bits per heavy atom. The zero-order chi connectivity index (χ0) is 27.1. The standard InChI is InChI=1S/C27H30N8O3S/c1-3-11-35-26-20(33-25(27(35)36)29-12-18-9-10-19(13-28-18)39(37,38)4-2)14-30-24(34-26)21-22(16-5-6-16)31-15-32-23(21)17-7-8-17/h9-10,13-17H,3-8,11-12H2,1-2H3,(H,29,33). The number of hydrogen-bond acceptors (Lipinski definition) is 10. The summed E-state index contributed by atoms with van der Waals surface area (Å²) >= 11 is 0. The van der Waals surface area contributed by atoms with Crippen LogP contribution < -0.4 is 10.9 Å². The predicted molar refractivity (Wildman–Crippen MR) is 146 cm³/mol. The van der Waals surface area contributed by atoms with Crippen LogP contribution in [0.1, 0.15) is 74.9 Å². The van der Waals surface area contributed by atoms with E-state index in [0.717, 1.165) is 49.1 Å². The van der Waals surface area contributed by atoms with Crippen molar-refractivity contribution in [3.8, 4) is 11.4 Å². The molecule has 11 nitrogen and oxygen atoms in total. The summed E-state index contributed by atoms with van der Waals surface area (Å²) in [5.74, 6) is 1.54. The summed E-state index contributed by atoms with van der Waals surface area (Å²) in [6.45, 7) is 4.28. The van der Waals surface area contributed by atoms with Crippen LogP contribution in [0.3, 0.4) is 0 Å². The number of nitrogens with zero attached hydrogens (tertiary/aromatic N) is 7. The molecule has 0 spiro atoms. The molecule has 1 N–H and O–H groups in total. The number of aromatic nitrogens is 7. The maximum Gasteiger partial charge on any atom is 0.294 e. The normalized spacial score (nSPS) is 15.5. The average molecular weight is 547 g/mol. The molecule has 12 heteroatoms.